The molecule has 9 rings (SSSR count). The van der Waals surface area contributed by atoms with Crippen molar-refractivity contribution in [2.24, 2.45) is 4.99 Å². The van der Waals surface area contributed by atoms with E-state index in [1.807, 2.05) is 12.3 Å². The molecule has 7 aromatic rings. The van der Waals surface area contributed by atoms with Gasteiger partial charge in [-0.2, -0.15) is 0 Å². The molecule has 2 aliphatic rings. The SMILES string of the molecule is Cc1cc(C2=N[C@]3(C)CCCCC[C@]3(C)O2)cc(-n2c3ccc(C)cc3c3ccc(-n4c5ccc(C)cc5c5cccnc54)cc32)c1. The maximum absolute atomic E-state index is 6.83. The Labute approximate surface area is 275 Å². The number of ether oxygens (including phenoxy) is 1. The molecular formula is C42H40N4O. The standard InChI is InChI=1S/C42H40N4O/c1-26-11-15-36-34(22-26)32-14-13-30(46-37-16-12-27(2)23-35(37)33-10-9-19-43-39(33)46)25-38(32)45(36)31-21-28(3)20-29(24-31)40-44-41(4)17-7-6-8-18-42(41,5)47-40/h9-16,19-25H,6-8,17-18H2,1-5H3/t41-,42+/m1/s1. The van der Waals surface area contributed by atoms with Crippen molar-refractivity contribution in [2.45, 2.75) is 77.9 Å². The van der Waals surface area contributed by atoms with Crippen molar-refractivity contribution in [1.82, 2.24) is 14.1 Å². The Kier molecular flexibility index (Phi) is 6.06. The fraction of sp³-hybridized carbons (Fsp3) is 0.286. The van der Waals surface area contributed by atoms with E-state index in [0.29, 0.717) is 0 Å². The number of fused-ring (bicyclic) bond motifs is 7. The molecule has 5 nitrogen and oxygen atoms in total. The highest BCUT2D eigenvalue weighted by Gasteiger charge is 2.52. The van der Waals surface area contributed by atoms with Crippen molar-refractivity contribution in [3.8, 4) is 11.4 Å². The van der Waals surface area contributed by atoms with Gasteiger partial charge < -0.3 is 9.30 Å². The van der Waals surface area contributed by atoms with Crippen molar-refractivity contribution in [3.05, 3.63) is 113 Å². The minimum atomic E-state index is -0.267. The fourth-order valence-corrected chi connectivity index (χ4v) is 8.34. The molecule has 0 N–H and O–H groups in total. The Hall–Kier alpha value is -4.90. The third kappa shape index (κ3) is 4.21. The molecule has 234 valence electrons. The first-order chi connectivity index (χ1) is 22.7. The van der Waals surface area contributed by atoms with Crippen LogP contribution in [0.4, 0.5) is 0 Å². The van der Waals surface area contributed by atoms with Gasteiger partial charge in [-0.15, -0.1) is 0 Å². The highest BCUT2D eigenvalue weighted by Crippen LogP contribution is 2.46. The van der Waals surface area contributed by atoms with Crippen molar-refractivity contribution < 1.29 is 4.74 Å². The lowest BCUT2D eigenvalue weighted by molar-refractivity contribution is 0.0278. The third-order valence-electron chi connectivity index (χ3n) is 11.0. The molecule has 0 radical (unpaired) electrons. The van der Waals surface area contributed by atoms with Gasteiger partial charge in [-0.25, -0.2) is 9.98 Å². The maximum Gasteiger partial charge on any atom is 0.217 e. The van der Waals surface area contributed by atoms with E-state index in [-0.39, 0.29) is 11.1 Å². The monoisotopic (exact) mass is 616 g/mol. The first-order valence-electron chi connectivity index (χ1n) is 17.0. The van der Waals surface area contributed by atoms with Gasteiger partial charge in [0.25, 0.3) is 0 Å². The molecule has 5 heteroatoms. The molecule has 3 aromatic heterocycles. The molecule has 0 amide bonds. The predicted molar refractivity (Wildman–Crippen MR) is 195 cm³/mol. The molecule has 1 aliphatic heterocycles. The van der Waals surface area contributed by atoms with Crippen LogP contribution in [-0.4, -0.2) is 31.2 Å². The minimum Gasteiger partial charge on any atom is -0.469 e. The highest BCUT2D eigenvalue weighted by molar-refractivity contribution is 6.12. The number of aryl methyl sites for hydroxylation is 3. The molecule has 0 bridgehead atoms. The summed E-state index contributed by atoms with van der Waals surface area (Å²) in [5.41, 5.74) is 11.0. The summed E-state index contributed by atoms with van der Waals surface area (Å²) in [4.78, 5) is 10.2. The normalized spacial score (nSPS) is 21.3. The second-order valence-electron chi connectivity index (χ2n) is 14.4. The Morgan fingerprint density at radius 2 is 1.36 bits per heavy atom. The van der Waals surface area contributed by atoms with Crippen LogP contribution in [-0.2, 0) is 4.74 Å². The molecule has 0 unspecified atom stereocenters. The number of benzene rings is 4. The molecule has 1 fully saturated rings. The van der Waals surface area contributed by atoms with Crippen molar-refractivity contribution >= 4 is 49.6 Å². The van der Waals surface area contributed by atoms with Gasteiger partial charge in [0.1, 0.15) is 16.8 Å². The average molecular weight is 617 g/mol. The lowest BCUT2D eigenvalue weighted by atomic mass is 9.80. The van der Waals surface area contributed by atoms with Crippen molar-refractivity contribution in [2.75, 3.05) is 0 Å². The van der Waals surface area contributed by atoms with Crippen LogP contribution in [0.5, 0.6) is 0 Å². The average Bonchev–Trinajstić information content (AvgIpc) is 3.61. The molecule has 4 heterocycles. The number of nitrogens with zero attached hydrogens (tertiary/aromatic N) is 4. The summed E-state index contributed by atoms with van der Waals surface area (Å²) in [6.45, 7) is 11.1. The van der Waals surface area contributed by atoms with E-state index < -0.39 is 0 Å². The zero-order chi connectivity index (χ0) is 32.1. The summed E-state index contributed by atoms with van der Waals surface area (Å²) in [6.07, 6.45) is 7.66. The summed E-state index contributed by atoms with van der Waals surface area (Å²) in [7, 11) is 0. The Balaban J connectivity index is 1.28. The molecule has 47 heavy (non-hydrogen) atoms. The van der Waals surface area contributed by atoms with E-state index >= 15 is 0 Å². The smallest absolute Gasteiger partial charge is 0.217 e. The predicted octanol–water partition coefficient (Wildman–Crippen LogP) is 10.5. The molecule has 0 saturated heterocycles. The molecule has 0 spiro atoms. The second-order valence-corrected chi connectivity index (χ2v) is 14.4. The van der Waals surface area contributed by atoms with Crippen molar-refractivity contribution in [3.63, 3.8) is 0 Å². The first kappa shape index (κ1) is 28.3. The topological polar surface area (TPSA) is 44.3 Å². The number of hydrogen-bond acceptors (Lipinski definition) is 3. The minimum absolute atomic E-state index is 0.198. The zero-order valence-electron chi connectivity index (χ0n) is 27.9. The lowest BCUT2D eigenvalue weighted by Crippen LogP contribution is -2.45. The van der Waals surface area contributed by atoms with Crippen LogP contribution in [0.1, 0.15) is 68.2 Å². The van der Waals surface area contributed by atoms with Gasteiger partial charge >= 0.3 is 0 Å². The van der Waals surface area contributed by atoms with Gasteiger partial charge in [0.15, 0.2) is 0 Å². The van der Waals surface area contributed by atoms with Crippen LogP contribution in [0.3, 0.4) is 0 Å². The Morgan fingerprint density at radius 3 is 2.17 bits per heavy atom. The number of hydrogen-bond donors (Lipinski definition) is 0. The van der Waals surface area contributed by atoms with Crippen LogP contribution < -0.4 is 0 Å². The highest BCUT2D eigenvalue weighted by atomic mass is 16.5. The van der Waals surface area contributed by atoms with E-state index in [1.165, 1.54) is 63.0 Å². The van der Waals surface area contributed by atoms with Gasteiger partial charge in [-0.1, -0.05) is 42.2 Å². The van der Waals surface area contributed by atoms with Crippen LogP contribution in [0.15, 0.2) is 96.1 Å². The van der Waals surface area contributed by atoms with Crippen LogP contribution in [0, 0.1) is 20.8 Å². The fourth-order valence-electron chi connectivity index (χ4n) is 8.34. The summed E-state index contributed by atoms with van der Waals surface area (Å²) >= 11 is 0. The van der Waals surface area contributed by atoms with Gasteiger partial charge in [0.2, 0.25) is 5.90 Å². The first-order valence-corrected chi connectivity index (χ1v) is 17.0. The quantitative estimate of drug-likeness (QED) is 0.198. The van der Waals surface area contributed by atoms with E-state index in [0.717, 1.165) is 52.4 Å². The molecule has 1 saturated carbocycles. The van der Waals surface area contributed by atoms with Gasteiger partial charge in [0, 0.05) is 44.7 Å². The van der Waals surface area contributed by atoms with E-state index in [4.69, 9.17) is 14.7 Å². The number of aliphatic imine (C=N–C) groups is 1. The van der Waals surface area contributed by atoms with Gasteiger partial charge in [-0.3, -0.25) is 4.57 Å². The van der Waals surface area contributed by atoms with Crippen LogP contribution in [0.25, 0.3) is 55.1 Å². The molecule has 2 atom stereocenters. The van der Waals surface area contributed by atoms with Gasteiger partial charge in [0.05, 0.1) is 16.6 Å². The largest absolute Gasteiger partial charge is 0.469 e. The summed E-state index contributed by atoms with van der Waals surface area (Å²) in [5, 5.41) is 4.88. The number of rotatable bonds is 3. The molecule has 4 aromatic carbocycles. The molecular weight excluding hydrogens is 576 g/mol. The summed E-state index contributed by atoms with van der Waals surface area (Å²) in [5.74, 6) is 0.783. The van der Waals surface area contributed by atoms with Gasteiger partial charge in [-0.05, 0) is 126 Å². The third-order valence-corrected chi connectivity index (χ3v) is 11.0. The summed E-state index contributed by atoms with van der Waals surface area (Å²) in [6, 6.07) is 31.4. The van der Waals surface area contributed by atoms with Crippen LogP contribution >= 0.6 is 0 Å². The van der Waals surface area contributed by atoms with Crippen LogP contribution in [0.2, 0.25) is 0 Å². The van der Waals surface area contributed by atoms with E-state index in [1.54, 1.807) is 0 Å². The summed E-state index contributed by atoms with van der Waals surface area (Å²) < 4.78 is 11.6. The lowest BCUT2D eigenvalue weighted by Gasteiger charge is -2.36. The maximum atomic E-state index is 6.83. The Morgan fingerprint density at radius 1 is 0.617 bits per heavy atom. The van der Waals surface area contributed by atoms with Crippen molar-refractivity contribution in [1.29, 1.82) is 0 Å². The molecule has 1 aliphatic carbocycles. The second kappa shape index (κ2) is 10.0. The van der Waals surface area contributed by atoms with E-state index in [9.17, 15) is 0 Å². The number of pyridine rings is 1. The Bertz CT molecular complexity index is 2450. The van der Waals surface area contributed by atoms with E-state index in [2.05, 4.69) is 123 Å². The number of aromatic nitrogens is 3. The zero-order valence-corrected chi connectivity index (χ0v) is 27.9.